The quantitative estimate of drug-likeness (QED) is 0.474. The van der Waals surface area contributed by atoms with Crippen molar-refractivity contribution in [3.05, 3.63) is 77.1 Å². The van der Waals surface area contributed by atoms with Crippen LogP contribution in [0.5, 0.6) is 0 Å². The molecule has 1 aliphatic heterocycles. The van der Waals surface area contributed by atoms with Gasteiger partial charge in [-0.3, -0.25) is 4.79 Å². The first-order chi connectivity index (χ1) is 16.4. The highest BCUT2D eigenvalue weighted by Crippen LogP contribution is 2.42. The summed E-state index contributed by atoms with van der Waals surface area (Å²) in [6.07, 6.45) is 0.907. The molecule has 0 aliphatic carbocycles. The van der Waals surface area contributed by atoms with Crippen LogP contribution in [-0.2, 0) is 34.5 Å². The minimum absolute atomic E-state index is 0.00882. The Labute approximate surface area is 203 Å². The number of aromatic nitrogens is 3. The van der Waals surface area contributed by atoms with Gasteiger partial charge in [-0.25, -0.2) is 0 Å². The Morgan fingerprint density at radius 2 is 1.76 bits per heavy atom. The van der Waals surface area contributed by atoms with Crippen molar-refractivity contribution >= 4 is 17.7 Å². The minimum atomic E-state index is -0.529. The summed E-state index contributed by atoms with van der Waals surface area (Å²) in [6.45, 7) is 4.13. The number of thioether (sulfide) groups is 1. The van der Waals surface area contributed by atoms with Gasteiger partial charge in [-0.15, -0.1) is 10.2 Å². The Bertz CT molecular complexity index is 1090. The Hall–Kier alpha value is -2.72. The van der Waals surface area contributed by atoms with Crippen LogP contribution >= 0.6 is 11.8 Å². The van der Waals surface area contributed by atoms with Gasteiger partial charge < -0.3 is 24.5 Å². The lowest BCUT2D eigenvalue weighted by Crippen LogP contribution is -2.38. The molecule has 3 aromatic rings. The standard InChI is InChI=1S/C25H30N4O4S/c1-16-22(14-34-25-28-27-15-29(25)3)32-24(21-10-4-18(5-11-21)12-26-17(2)31)33-23(16)20-8-6-19(13-30)7-9-20/h4-11,15-16,22-24,30H,12-14H2,1-3H3,(H,26,31). The van der Waals surface area contributed by atoms with Gasteiger partial charge in [-0.2, -0.15) is 0 Å². The first-order valence-electron chi connectivity index (χ1n) is 11.2. The summed E-state index contributed by atoms with van der Waals surface area (Å²) in [5, 5.41) is 21.2. The van der Waals surface area contributed by atoms with E-state index in [1.165, 1.54) is 6.92 Å². The predicted molar refractivity (Wildman–Crippen MR) is 129 cm³/mol. The summed E-state index contributed by atoms with van der Waals surface area (Å²) >= 11 is 1.61. The summed E-state index contributed by atoms with van der Waals surface area (Å²) in [4.78, 5) is 11.2. The van der Waals surface area contributed by atoms with E-state index in [0.717, 1.165) is 27.4 Å². The van der Waals surface area contributed by atoms with Crippen LogP contribution in [0.4, 0.5) is 0 Å². The highest BCUT2D eigenvalue weighted by atomic mass is 32.2. The van der Waals surface area contributed by atoms with Crippen molar-refractivity contribution < 1.29 is 19.4 Å². The number of nitrogens with one attached hydrogen (secondary N) is 1. The smallest absolute Gasteiger partial charge is 0.217 e. The maximum Gasteiger partial charge on any atom is 0.217 e. The van der Waals surface area contributed by atoms with E-state index in [1.807, 2.05) is 60.1 Å². The largest absolute Gasteiger partial charge is 0.392 e. The van der Waals surface area contributed by atoms with Gasteiger partial charge >= 0.3 is 0 Å². The molecule has 4 atom stereocenters. The fraction of sp³-hybridized carbons (Fsp3) is 0.400. The van der Waals surface area contributed by atoms with Crippen molar-refractivity contribution in [1.82, 2.24) is 20.1 Å². The number of aryl methyl sites for hydroxylation is 1. The van der Waals surface area contributed by atoms with E-state index in [9.17, 15) is 9.90 Å². The lowest BCUT2D eigenvalue weighted by atomic mass is 9.91. The average molecular weight is 483 g/mol. The van der Waals surface area contributed by atoms with Gasteiger partial charge in [0, 0.05) is 37.8 Å². The second-order valence-corrected chi connectivity index (χ2v) is 9.50. The highest BCUT2D eigenvalue weighted by Gasteiger charge is 2.38. The zero-order valence-corrected chi connectivity index (χ0v) is 20.4. The molecule has 0 saturated carbocycles. The summed E-state index contributed by atoms with van der Waals surface area (Å²) in [5.74, 6) is 0.741. The monoisotopic (exact) mass is 482 g/mol. The molecule has 0 radical (unpaired) electrons. The van der Waals surface area contributed by atoms with E-state index in [2.05, 4.69) is 22.4 Å². The number of hydrogen-bond acceptors (Lipinski definition) is 7. The first-order valence-corrected chi connectivity index (χ1v) is 12.2. The van der Waals surface area contributed by atoms with Crippen LogP contribution in [0.25, 0.3) is 0 Å². The Kier molecular flexibility index (Phi) is 7.99. The van der Waals surface area contributed by atoms with Gasteiger partial charge in [0.2, 0.25) is 5.91 Å². The fourth-order valence-electron chi connectivity index (χ4n) is 3.89. The van der Waals surface area contributed by atoms with Crippen LogP contribution < -0.4 is 5.32 Å². The van der Waals surface area contributed by atoms with Crippen molar-refractivity contribution in [2.24, 2.45) is 13.0 Å². The van der Waals surface area contributed by atoms with Crippen molar-refractivity contribution in [3.8, 4) is 0 Å². The molecule has 4 rings (SSSR count). The minimum Gasteiger partial charge on any atom is -0.392 e. The average Bonchev–Trinajstić information content (AvgIpc) is 3.27. The Morgan fingerprint density at radius 1 is 1.09 bits per heavy atom. The molecule has 0 spiro atoms. The third-order valence-electron chi connectivity index (χ3n) is 5.96. The molecular formula is C25H30N4O4S. The SMILES string of the molecule is CC(=O)NCc1ccc(C2OC(CSc3nncn3C)C(C)C(c3ccc(CO)cc3)O2)cc1. The topological polar surface area (TPSA) is 98.5 Å². The van der Waals surface area contributed by atoms with E-state index < -0.39 is 6.29 Å². The zero-order chi connectivity index (χ0) is 24.1. The molecular weight excluding hydrogens is 452 g/mol. The van der Waals surface area contributed by atoms with Crippen molar-refractivity contribution in [2.75, 3.05) is 5.75 Å². The van der Waals surface area contributed by atoms with E-state index in [1.54, 1.807) is 18.1 Å². The molecule has 1 aromatic heterocycles. The maximum atomic E-state index is 11.2. The summed E-state index contributed by atoms with van der Waals surface area (Å²) in [5.41, 5.74) is 3.84. The number of amides is 1. The van der Waals surface area contributed by atoms with Crippen molar-refractivity contribution in [2.45, 2.75) is 50.7 Å². The van der Waals surface area contributed by atoms with E-state index in [0.29, 0.717) is 12.3 Å². The number of nitrogens with zero attached hydrogens (tertiary/aromatic N) is 3. The third-order valence-corrected chi connectivity index (χ3v) is 7.09. The molecule has 2 aromatic carbocycles. The van der Waals surface area contributed by atoms with Gasteiger partial charge in [0.1, 0.15) is 6.33 Å². The molecule has 1 saturated heterocycles. The van der Waals surface area contributed by atoms with Crippen LogP contribution in [-0.4, -0.2) is 37.6 Å². The second kappa shape index (κ2) is 11.1. The predicted octanol–water partition coefficient (Wildman–Crippen LogP) is 3.53. The number of rotatable bonds is 8. The number of carbonyl (C=O) groups is 1. The second-order valence-electron chi connectivity index (χ2n) is 8.51. The lowest BCUT2D eigenvalue weighted by molar-refractivity contribution is -0.268. The van der Waals surface area contributed by atoms with Crippen molar-refractivity contribution in [1.29, 1.82) is 0 Å². The maximum absolute atomic E-state index is 11.2. The number of aliphatic hydroxyl groups is 1. The zero-order valence-electron chi connectivity index (χ0n) is 19.5. The van der Waals surface area contributed by atoms with Crippen molar-refractivity contribution in [3.63, 3.8) is 0 Å². The molecule has 1 aliphatic rings. The Morgan fingerprint density at radius 3 is 2.38 bits per heavy atom. The van der Waals surface area contributed by atoms with E-state index >= 15 is 0 Å². The van der Waals surface area contributed by atoms with Gasteiger partial charge in [-0.1, -0.05) is 67.2 Å². The molecule has 180 valence electrons. The molecule has 4 unspecified atom stereocenters. The summed E-state index contributed by atoms with van der Waals surface area (Å²) < 4.78 is 14.8. The normalized spacial score (nSPS) is 22.5. The van der Waals surface area contributed by atoms with Crippen LogP contribution in [0, 0.1) is 5.92 Å². The van der Waals surface area contributed by atoms with Gasteiger partial charge in [0.15, 0.2) is 11.4 Å². The van der Waals surface area contributed by atoms with Crippen LogP contribution in [0.2, 0.25) is 0 Å². The van der Waals surface area contributed by atoms with Gasteiger partial charge in [-0.05, 0) is 16.7 Å². The molecule has 0 bridgehead atoms. The molecule has 1 amide bonds. The Balaban J connectivity index is 1.55. The van der Waals surface area contributed by atoms with Gasteiger partial charge in [0.25, 0.3) is 0 Å². The lowest BCUT2D eigenvalue weighted by Gasteiger charge is -2.41. The molecule has 34 heavy (non-hydrogen) atoms. The molecule has 2 heterocycles. The van der Waals surface area contributed by atoms with Crippen LogP contribution in [0.1, 0.15) is 48.5 Å². The first kappa shape index (κ1) is 24.4. The number of hydrogen-bond donors (Lipinski definition) is 2. The third kappa shape index (κ3) is 5.85. The molecule has 8 nitrogen and oxygen atoms in total. The van der Waals surface area contributed by atoms with Crippen LogP contribution in [0.3, 0.4) is 0 Å². The summed E-state index contributed by atoms with van der Waals surface area (Å²) in [6, 6.07) is 15.8. The van der Waals surface area contributed by atoms with Crippen LogP contribution in [0.15, 0.2) is 60.0 Å². The number of aliphatic hydroxyl groups excluding tert-OH is 1. The summed E-state index contributed by atoms with van der Waals surface area (Å²) in [7, 11) is 1.92. The van der Waals surface area contributed by atoms with E-state index in [4.69, 9.17) is 9.47 Å². The molecule has 2 N–H and O–H groups in total. The number of benzene rings is 2. The number of carbonyl (C=O) groups excluding carboxylic acids is 1. The number of ether oxygens (including phenoxy) is 2. The van der Waals surface area contributed by atoms with E-state index in [-0.39, 0.29) is 30.6 Å². The fourth-order valence-corrected chi connectivity index (χ4v) is 4.94. The molecule has 1 fully saturated rings. The molecule has 9 heteroatoms. The highest BCUT2D eigenvalue weighted by molar-refractivity contribution is 7.99. The van der Waals surface area contributed by atoms with Gasteiger partial charge in [0.05, 0.1) is 18.8 Å².